The van der Waals surface area contributed by atoms with Gasteiger partial charge in [0.25, 0.3) is 0 Å². The molecule has 2 heterocycles. The lowest BCUT2D eigenvalue weighted by molar-refractivity contribution is 0.170. The molecule has 2 rings (SSSR count). The lowest BCUT2D eigenvalue weighted by Crippen LogP contribution is -2.55. The molecule has 17 heavy (non-hydrogen) atoms. The highest BCUT2D eigenvalue weighted by atomic mass is 15.3. The second-order valence-electron chi connectivity index (χ2n) is 4.98. The number of anilines is 1. The van der Waals surface area contributed by atoms with Crippen LogP contribution in [0.3, 0.4) is 0 Å². The summed E-state index contributed by atoms with van der Waals surface area (Å²) in [5, 5.41) is 0. The predicted molar refractivity (Wildman–Crippen MR) is 71.0 cm³/mol. The Balaban J connectivity index is 2.22. The van der Waals surface area contributed by atoms with Gasteiger partial charge in [0.2, 0.25) is 0 Å². The van der Waals surface area contributed by atoms with Crippen LogP contribution in [0, 0.1) is 0 Å². The second kappa shape index (κ2) is 5.02. The monoisotopic (exact) mass is 234 g/mol. The molecule has 94 valence electrons. The third-order valence-corrected chi connectivity index (χ3v) is 3.80. The molecule has 4 nitrogen and oxygen atoms in total. The lowest BCUT2D eigenvalue weighted by Gasteiger charge is -2.44. The number of rotatable bonds is 2. The number of pyridine rings is 1. The van der Waals surface area contributed by atoms with Crippen molar-refractivity contribution in [1.29, 1.82) is 0 Å². The summed E-state index contributed by atoms with van der Waals surface area (Å²) in [6.45, 7) is 7.20. The number of nitrogens with two attached hydrogens (primary N) is 1. The lowest BCUT2D eigenvalue weighted by atomic mass is 10.1. The molecule has 0 aliphatic carbocycles. The van der Waals surface area contributed by atoms with E-state index in [9.17, 15) is 0 Å². The Labute approximate surface area is 103 Å². The third kappa shape index (κ3) is 2.42. The van der Waals surface area contributed by atoms with Gasteiger partial charge in [0.15, 0.2) is 0 Å². The van der Waals surface area contributed by atoms with Crippen LogP contribution in [0.1, 0.15) is 19.4 Å². The van der Waals surface area contributed by atoms with E-state index in [0.29, 0.717) is 18.6 Å². The highest BCUT2D eigenvalue weighted by Gasteiger charge is 2.27. The van der Waals surface area contributed by atoms with Crippen molar-refractivity contribution >= 4 is 5.69 Å². The van der Waals surface area contributed by atoms with Crippen molar-refractivity contribution < 1.29 is 0 Å². The molecule has 1 aliphatic heterocycles. The van der Waals surface area contributed by atoms with E-state index in [1.54, 1.807) is 0 Å². The first-order valence-electron chi connectivity index (χ1n) is 6.23. The minimum Gasteiger partial charge on any atom is -0.368 e. The van der Waals surface area contributed by atoms with Gasteiger partial charge in [-0.3, -0.25) is 9.88 Å². The highest BCUT2D eigenvalue weighted by Crippen LogP contribution is 2.24. The predicted octanol–water partition coefficient (Wildman–Crippen LogP) is 1.07. The molecule has 0 spiro atoms. The van der Waals surface area contributed by atoms with E-state index in [2.05, 4.69) is 41.7 Å². The first-order valence-corrected chi connectivity index (χ1v) is 6.23. The van der Waals surface area contributed by atoms with E-state index in [1.165, 1.54) is 5.69 Å². The maximum atomic E-state index is 5.78. The van der Waals surface area contributed by atoms with Gasteiger partial charge in [-0.2, -0.15) is 0 Å². The minimum absolute atomic E-state index is 0.554. The number of aromatic nitrogens is 1. The van der Waals surface area contributed by atoms with Gasteiger partial charge in [-0.05, 0) is 27.0 Å². The number of hydrogen-bond acceptors (Lipinski definition) is 4. The first kappa shape index (κ1) is 12.3. The summed E-state index contributed by atoms with van der Waals surface area (Å²) >= 11 is 0. The molecular formula is C13H22N4. The van der Waals surface area contributed by atoms with E-state index in [4.69, 9.17) is 5.73 Å². The van der Waals surface area contributed by atoms with Crippen molar-refractivity contribution in [3.05, 3.63) is 24.0 Å². The Morgan fingerprint density at radius 3 is 2.59 bits per heavy atom. The smallest absolute Gasteiger partial charge is 0.0443 e. The third-order valence-electron chi connectivity index (χ3n) is 3.80. The summed E-state index contributed by atoms with van der Waals surface area (Å²) in [5.41, 5.74) is 8.16. The number of likely N-dealkylation sites (N-methyl/N-ethyl adjacent to an activating group) is 1. The topological polar surface area (TPSA) is 45.4 Å². The molecule has 4 heteroatoms. The molecule has 1 saturated heterocycles. The van der Waals surface area contributed by atoms with Crippen molar-refractivity contribution in [3.63, 3.8) is 0 Å². The van der Waals surface area contributed by atoms with E-state index < -0.39 is 0 Å². The van der Waals surface area contributed by atoms with Crippen molar-refractivity contribution in [2.45, 2.75) is 32.5 Å². The number of nitrogens with zero attached hydrogens (tertiary/aromatic N) is 3. The molecule has 1 fully saturated rings. The summed E-state index contributed by atoms with van der Waals surface area (Å²) in [6.07, 6.45) is 3.73. The zero-order valence-corrected chi connectivity index (χ0v) is 10.9. The van der Waals surface area contributed by atoms with Gasteiger partial charge in [-0.15, -0.1) is 0 Å². The molecule has 0 amide bonds. The zero-order chi connectivity index (χ0) is 12.4. The van der Waals surface area contributed by atoms with Gasteiger partial charge in [0, 0.05) is 55.4 Å². The summed E-state index contributed by atoms with van der Waals surface area (Å²) in [4.78, 5) is 9.01. The van der Waals surface area contributed by atoms with Crippen LogP contribution in [-0.4, -0.2) is 42.1 Å². The fourth-order valence-corrected chi connectivity index (χ4v) is 2.49. The first-order chi connectivity index (χ1) is 8.13. The SMILES string of the molecule is CC1CN(c2ccncc2CN)CC(C)N1C. The molecule has 0 aromatic carbocycles. The Morgan fingerprint density at radius 1 is 1.35 bits per heavy atom. The van der Waals surface area contributed by atoms with Crippen LogP contribution in [0.4, 0.5) is 5.69 Å². The Kier molecular flexibility index (Phi) is 3.64. The molecule has 2 atom stereocenters. The van der Waals surface area contributed by atoms with Gasteiger partial charge < -0.3 is 10.6 Å². The Morgan fingerprint density at radius 2 is 2.00 bits per heavy atom. The van der Waals surface area contributed by atoms with E-state index >= 15 is 0 Å². The van der Waals surface area contributed by atoms with Gasteiger partial charge in [-0.1, -0.05) is 0 Å². The molecular weight excluding hydrogens is 212 g/mol. The van der Waals surface area contributed by atoms with Gasteiger partial charge in [0.05, 0.1) is 0 Å². The maximum Gasteiger partial charge on any atom is 0.0443 e. The minimum atomic E-state index is 0.554. The molecule has 0 bridgehead atoms. The highest BCUT2D eigenvalue weighted by molar-refractivity contribution is 5.53. The zero-order valence-electron chi connectivity index (χ0n) is 10.9. The van der Waals surface area contributed by atoms with Crippen LogP contribution < -0.4 is 10.6 Å². The van der Waals surface area contributed by atoms with Crippen LogP contribution in [0.15, 0.2) is 18.5 Å². The van der Waals surface area contributed by atoms with Gasteiger partial charge in [0.1, 0.15) is 0 Å². The quantitative estimate of drug-likeness (QED) is 0.831. The van der Waals surface area contributed by atoms with Crippen LogP contribution in [0.25, 0.3) is 0 Å². The molecule has 2 N–H and O–H groups in total. The summed E-state index contributed by atoms with van der Waals surface area (Å²) in [7, 11) is 2.20. The normalized spacial score (nSPS) is 26.2. The summed E-state index contributed by atoms with van der Waals surface area (Å²) in [6, 6.07) is 3.21. The molecule has 0 radical (unpaired) electrons. The fourth-order valence-electron chi connectivity index (χ4n) is 2.49. The standard InChI is InChI=1S/C13H22N4/c1-10-8-17(9-11(2)16(10)3)13-4-5-15-7-12(13)6-14/h4-5,7,10-11H,6,8-9,14H2,1-3H3. The Bertz CT molecular complexity index is 367. The van der Waals surface area contributed by atoms with Crippen molar-refractivity contribution in [3.8, 4) is 0 Å². The van der Waals surface area contributed by atoms with Crippen LogP contribution in [0.5, 0.6) is 0 Å². The Hall–Kier alpha value is -1.13. The van der Waals surface area contributed by atoms with Crippen molar-refractivity contribution in [1.82, 2.24) is 9.88 Å². The van der Waals surface area contributed by atoms with Crippen molar-refractivity contribution in [2.24, 2.45) is 5.73 Å². The largest absolute Gasteiger partial charge is 0.368 e. The average molecular weight is 234 g/mol. The number of piperazine rings is 1. The van der Waals surface area contributed by atoms with Crippen LogP contribution in [0.2, 0.25) is 0 Å². The van der Waals surface area contributed by atoms with Crippen LogP contribution >= 0.6 is 0 Å². The molecule has 1 aromatic heterocycles. The molecule has 2 unspecified atom stereocenters. The second-order valence-corrected chi connectivity index (χ2v) is 4.98. The van der Waals surface area contributed by atoms with E-state index in [-0.39, 0.29) is 0 Å². The fraction of sp³-hybridized carbons (Fsp3) is 0.615. The van der Waals surface area contributed by atoms with E-state index in [0.717, 1.165) is 18.7 Å². The molecule has 1 aromatic rings. The van der Waals surface area contributed by atoms with Gasteiger partial charge >= 0.3 is 0 Å². The van der Waals surface area contributed by atoms with Crippen molar-refractivity contribution in [2.75, 3.05) is 25.0 Å². The average Bonchev–Trinajstić information content (AvgIpc) is 2.35. The summed E-state index contributed by atoms with van der Waals surface area (Å²) in [5.74, 6) is 0. The maximum absolute atomic E-state index is 5.78. The summed E-state index contributed by atoms with van der Waals surface area (Å²) < 4.78 is 0. The van der Waals surface area contributed by atoms with Crippen LogP contribution in [-0.2, 0) is 6.54 Å². The molecule has 1 aliphatic rings. The van der Waals surface area contributed by atoms with Gasteiger partial charge in [-0.25, -0.2) is 0 Å². The van der Waals surface area contributed by atoms with E-state index in [1.807, 2.05) is 12.4 Å². The number of hydrogen-bond donors (Lipinski definition) is 1. The molecule has 0 saturated carbocycles.